The number of nitrogens with zero attached hydrogens (tertiary/aromatic N) is 2. The van der Waals surface area contributed by atoms with E-state index in [-0.39, 0.29) is 0 Å². The third-order valence-corrected chi connectivity index (χ3v) is 3.77. The molecular weight excluding hydrogens is 214 g/mol. The molecule has 2 aliphatic rings. The van der Waals surface area contributed by atoms with E-state index in [1.165, 1.54) is 32.5 Å². The number of morpholine rings is 1. The van der Waals surface area contributed by atoms with Crippen molar-refractivity contribution in [1.29, 1.82) is 0 Å². The average Bonchev–Trinajstić information content (AvgIpc) is 2.79. The Morgan fingerprint density at radius 1 is 1.29 bits per heavy atom. The lowest BCUT2D eigenvalue weighted by molar-refractivity contribution is -0.0193. The van der Waals surface area contributed by atoms with Crippen molar-refractivity contribution >= 4 is 0 Å². The Labute approximate surface area is 105 Å². The van der Waals surface area contributed by atoms with E-state index >= 15 is 0 Å². The first kappa shape index (κ1) is 13.3. The van der Waals surface area contributed by atoms with Crippen molar-refractivity contribution in [2.45, 2.75) is 31.9 Å². The number of likely N-dealkylation sites (N-methyl/N-ethyl adjacent to an activating group) is 1. The van der Waals surface area contributed by atoms with Gasteiger partial charge >= 0.3 is 0 Å². The van der Waals surface area contributed by atoms with Crippen LogP contribution in [0.2, 0.25) is 0 Å². The fourth-order valence-corrected chi connectivity index (χ4v) is 2.74. The Bertz CT molecular complexity index is 219. The van der Waals surface area contributed by atoms with Gasteiger partial charge < -0.3 is 19.9 Å². The highest BCUT2D eigenvalue weighted by molar-refractivity contribution is 4.76. The molecule has 100 valence electrons. The summed E-state index contributed by atoms with van der Waals surface area (Å²) in [5.41, 5.74) is 0. The number of ether oxygens (including phenoxy) is 1. The quantitative estimate of drug-likeness (QED) is 0.754. The molecule has 0 amide bonds. The van der Waals surface area contributed by atoms with Crippen LogP contribution in [0.15, 0.2) is 0 Å². The number of hydrogen-bond donors (Lipinski definition) is 1. The van der Waals surface area contributed by atoms with Gasteiger partial charge in [-0.2, -0.15) is 0 Å². The van der Waals surface area contributed by atoms with Crippen molar-refractivity contribution in [3.63, 3.8) is 0 Å². The van der Waals surface area contributed by atoms with Crippen LogP contribution >= 0.6 is 0 Å². The van der Waals surface area contributed by atoms with E-state index < -0.39 is 0 Å². The highest BCUT2D eigenvalue weighted by atomic mass is 16.5. The van der Waals surface area contributed by atoms with Crippen LogP contribution < -0.4 is 5.32 Å². The third kappa shape index (κ3) is 4.54. The minimum atomic E-state index is 0.370. The Hall–Kier alpha value is -0.160. The summed E-state index contributed by atoms with van der Waals surface area (Å²) in [5, 5.41) is 3.61. The molecule has 2 heterocycles. The van der Waals surface area contributed by atoms with Crippen LogP contribution in [0.1, 0.15) is 19.8 Å². The molecule has 1 N–H and O–H groups in total. The molecule has 0 saturated carbocycles. The molecule has 0 aromatic rings. The standard InChI is InChI=1S/C13H27N3O/c1-12(10-16-5-3-4-6-16)14-9-13-11-15(2)7-8-17-13/h12-14H,3-11H2,1-2H3. The molecule has 0 aromatic heterocycles. The molecule has 0 aliphatic carbocycles. The Morgan fingerprint density at radius 2 is 2.06 bits per heavy atom. The van der Waals surface area contributed by atoms with Crippen LogP contribution in [-0.4, -0.2) is 74.9 Å². The number of hydrogen-bond acceptors (Lipinski definition) is 4. The first-order valence-corrected chi connectivity index (χ1v) is 7.00. The van der Waals surface area contributed by atoms with E-state index in [4.69, 9.17) is 4.74 Å². The number of likely N-dealkylation sites (tertiary alicyclic amines) is 1. The van der Waals surface area contributed by atoms with E-state index in [2.05, 4.69) is 29.1 Å². The first-order valence-electron chi connectivity index (χ1n) is 7.00. The van der Waals surface area contributed by atoms with Crippen molar-refractivity contribution in [1.82, 2.24) is 15.1 Å². The van der Waals surface area contributed by atoms with Crippen LogP contribution in [0.25, 0.3) is 0 Å². The van der Waals surface area contributed by atoms with Gasteiger partial charge in [-0.15, -0.1) is 0 Å². The maximum absolute atomic E-state index is 5.75. The Kier molecular flexibility index (Phi) is 5.22. The summed E-state index contributed by atoms with van der Waals surface area (Å²) in [6.45, 7) is 10.0. The molecule has 4 heteroatoms. The molecule has 2 unspecified atom stereocenters. The molecule has 17 heavy (non-hydrogen) atoms. The van der Waals surface area contributed by atoms with Gasteiger partial charge in [0.2, 0.25) is 0 Å². The van der Waals surface area contributed by atoms with E-state index in [1.807, 2.05) is 0 Å². The van der Waals surface area contributed by atoms with Gasteiger partial charge in [0.05, 0.1) is 12.7 Å². The van der Waals surface area contributed by atoms with Crippen molar-refractivity contribution in [3.8, 4) is 0 Å². The molecule has 2 atom stereocenters. The smallest absolute Gasteiger partial charge is 0.0826 e. The second-order valence-corrected chi connectivity index (χ2v) is 5.57. The number of rotatable bonds is 5. The molecule has 2 saturated heterocycles. The lowest BCUT2D eigenvalue weighted by Crippen LogP contribution is -2.48. The lowest BCUT2D eigenvalue weighted by Gasteiger charge is -2.31. The predicted octanol–water partition coefficient (Wildman–Crippen LogP) is 0.391. The van der Waals surface area contributed by atoms with E-state index in [0.717, 1.165) is 26.2 Å². The maximum atomic E-state index is 5.75. The maximum Gasteiger partial charge on any atom is 0.0826 e. The summed E-state index contributed by atoms with van der Waals surface area (Å²) >= 11 is 0. The minimum Gasteiger partial charge on any atom is -0.374 e. The van der Waals surface area contributed by atoms with Gasteiger partial charge in [-0.1, -0.05) is 0 Å². The van der Waals surface area contributed by atoms with Crippen molar-refractivity contribution in [2.24, 2.45) is 0 Å². The molecule has 2 rings (SSSR count). The summed E-state index contributed by atoms with van der Waals surface area (Å²) in [7, 11) is 2.17. The lowest BCUT2D eigenvalue weighted by atomic mass is 10.2. The van der Waals surface area contributed by atoms with Gasteiger partial charge in [0.15, 0.2) is 0 Å². The summed E-state index contributed by atoms with van der Waals surface area (Å²) in [5.74, 6) is 0. The molecule has 2 aliphatic heterocycles. The average molecular weight is 241 g/mol. The SMILES string of the molecule is CC(CN1CCCC1)NCC1CN(C)CCO1. The predicted molar refractivity (Wildman–Crippen MR) is 70.4 cm³/mol. The van der Waals surface area contributed by atoms with Gasteiger partial charge in [-0.05, 0) is 39.9 Å². The highest BCUT2D eigenvalue weighted by Crippen LogP contribution is 2.08. The summed E-state index contributed by atoms with van der Waals surface area (Å²) < 4.78 is 5.75. The van der Waals surface area contributed by atoms with Crippen LogP contribution in [0.5, 0.6) is 0 Å². The molecule has 0 bridgehead atoms. The zero-order valence-electron chi connectivity index (χ0n) is 11.3. The van der Waals surface area contributed by atoms with Crippen molar-refractivity contribution in [3.05, 3.63) is 0 Å². The van der Waals surface area contributed by atoms with Crippen LogP contribution in [-0.2, 0) is 4.74 Å². The highest BCUT2D eigenvalue weighted by Gasteiger charge is 2.19. The fourth-order valence-electron chi connectivity index (χ4n) is 2.74. The normalized spacial score (nSPS) is 29.6. The zero-order valence-corrected chi connectivity index (χ0v) is 11.3. The monoisotopic (exact) mass is 241 g/mol. The second kappa shape index (κ2) is 6.69. The molecule has 4 nitrogen and oxygen atoms in total. The Morgan fingerprint density at radius 3 is 2.76 bits per heavy atom. The molecule has 0 aromatic carbocycles. The van der Waals surface area contributed by atoms with E-state index in [0.29, 0.717) is 12.1 Å². The van der Waals surface area contributed by atoms with Crippen molar-refractivity contribution in [2.75, 3.05) is 52.9 Å². The third-order valence-electron chi connectivity index (χ3n) is 3.77. The van der Waals surface area contributed by atoms with Gasteiger partial charge in [0.25, 0.3) is 0 Å². The van der Waals surface area contributed by atoms with Gasteiger partial charge in [0, 0.05) is 32.2 Å². The minimum absolute atomic E-state index is 0.370. The largest absolute Gasteiger partial charge is 0.374 e. The number of nitrogens with one attached hydrogen (secondary N) is 1. The van der Waals surface area contributed by atoms with Crippen LogP contribution in [0.4, 0.5) is 0 Å². The van der Waals surface area contributed by atoms with Crippen LogP contribution in [0.3, 0.4) is 0 Å². The summed E-state index contributed by atoms with van der Waals surface area (Å²) in [6, 6.07) is 0.573. The van der Waals surface area contributed by atoms with E-state index in [1.54, 1.807) is 0 Å². The molecule has 2 fully saturated rings. The van der Waals surface area contributed by atoms with Gasteiger partial charge in [-0.3, -0.25) is 0 Å². The summed E-state index contributed by atoms with van der Waals surface area (Å²) in [4.78, 5) is 4.91. The van der Waals surface area contributed by atoms with Crippen LogP contribution in [0, 0.1) is 0 Å². The molecular formula is C13H27N3O. The van der Waals surface area contributed by atoms with Gasteiger partial charge in [-0.25, -0.2) is 0 Å². The second-order valence-electron chi connectivity index (χ2n) is 5.57. The molecule has 0 radical (unpaired) electrons. The molecule has 0 spiro atoms. The summed E-state index contributed by atoms with van der Waals surface area (Å²) in [6.07, 6.45) is 3.13. The van der Waals surface area contributed by atoms with Crippen molar-refractivity contribution < 1.29 is 4.74 Å². The topological polar surface area (TPSA) is 27.7 Å². The zero-order chi connectivity index (χ0) is 12.1. The fraction of sp³-hybridized carbons (Fsp3) is 1.00. The van der Waals surface area contributed by atoms with E-state index in [9.17, 15) is 0 Å². The first-order chi connectivity index (χ1) is 8.24. The van der Waals surface area contributed by atoms with Gasteiger partial charge in [0.1, 0.15) is 0 Å². The Balaban J connectivity index is 1.59.